The molecule has 2 fully saturated rings. The molecule has 1 aromatic carbocycles. The minimum absolute atomic E-state index is 0.00892. The molecular formula is C16H19N3O. The summed E-state index contributed by atoms with van der Waals surface area (Å²) in [7, 11) is 0. The lowest BCUT2D eigenvalue weighted by Crippen LogP contribution is -2.50. The van der Waals surface area contributed by atoms with Crippen LogP contribution in [0.1, 0.15) is 36.8 Å². The summed E-state index contributed by atoms with van der Waals surface area (Å²) >= 11 is 0. The average molecular weight is 269 g/mol. The summed E-state index contributed by atoms with van der Waals surface area (Å²) in [4.78, 5) is 14.4. The molecule has 1 atom stereocenters. The van der Waals surface area contributed by atoms with Crippen molar-refractivity contribution in [3.05, 3.63) is 35.4 Å². The van der Waals surface area contributed by atoms with Gasteiger partial charge in [-0.1, -0.05) is 12.1 Å². The molecule has 0 aromatic heterocycles. The fourth-order valence-corrected chi connectivity index (χ4v) is 2.69. The van der Waals surface area contributed by atoms with Gasteiger partial charge < -0.3 is 10.2 Å². The van der Waals surface area contributed by atoms with Gasteiger partial charge in [-0.15, -0.1) is 0 Å². The van der Waals surface area contributed by atoms with Crippen LogP contribution in [0.3, 0.4) is 0 Å². The standard InChI is InChI=1S/C16H19N3O/c17-10-12-3-5-13(6-4-12)11-19-9-1-2-15(16(19)20)18-14-7-8-14/h3-6,14-15,18H,1-2,7-9,11H2. The van der Waals surface area contributed by atoms with Gasteiger partial charge in [0.25, 0.3) is 0 Å². The maximum Gasteiger partial charge on any atom is 0.240 e. The smallest absolute Gasteiger partial charge is 0.240 e. The predicted molar refractivity (Wildman–Crippen MR) is 75.8 cm³/mol. The average Bonchev–Trinajstić information content (AvgIpc) is 3.28. The van der Waals surface area contributed by atoms with Crippen molar-refractivity contribution < 1.29 is 4.79 Å². The Morgan fingerprint density at radius 2 is 2.00 bits per heavy atom. The Hall–Kier alpha value is -1.86. The second-order valence-electron chi connectivity index (χ2n) is 5.70. The first-order valence-corrected chi connectivity index (χ1v) is 7.30. The van der Waals surface area contributed by atoms with E-state index in [1.54, 1.807) is 0 Å². The third-order valence-electron chi connectivity index (χ3n) is 4.00. The van der Waals surface area contributed by atoms with Gasteiger partial charge in [-0.25, -0.2) is 0 Å². The van der Waals surface area contributed by atoms with Crippen LogP contribution in [-0.4, -0.2) is 29.4 Å². The van der Waals surface area contributed by atoms with Crippen LogP contribution in [0.25, 0.3) is 0 Å². The van der Waals surface area contributed by atoms with Crippen LogP contribution in [0.5, 0.6) is 0 Å². The van der Waals surface area contributed by atoms with Gasteiger partial charge in [0.05, 0.1) is 17.7 Å². The molecule has 20 heavy (non-hydrogen) atoms. The minimum Gasteiger partial charge on any atom is -0.337 e. The zero-order chi connectivity index (χ0) is 13.9. The van der Waals surface area contributed by atoms with Crippen LogP contribution in [0.15, 0.2) is 24.3 Å². The van der Waals surface area contributed by atoms with Crippen molar-refractivity contribution in [2.75, 3.05) is 6.54 Å². The molecule has 0 spiro atoms. The van der Waals surface area contributed by atoms with Crippen molar-refractivity contribution in [1.29, 1.82) is 5.26 Å². The lowest BCUT2D eigenvalue weighted by atomic mass is 10.0. The zero-order valence-electron chi connectivity index (χ0n) is 11.5. The summed E-state index contributed by atoms with van der Waals surface area (Å²) in [6.07, 6.45) is 4.43. The SMILES string of the molecule is N#Cc1ccc(CN2CCCC(NC3CC3)C2=O)cc1. The third-order valence-corrected chi connectivity index (χ3v) is 4.00. The molecular weight excluding hydrogens is 250 g/mol. The number of nitriles is 1. The molecule has 4 heteroatoms. The van der Waals surface area contributed by atoms with Gasteiger partial charge in [0.15, 0.2) is 0 Å². The van der Waals surface area contributed by atoms with Gasteiger partial charge in [0.2, 0.25) is 5.91 Å². The van der Waals surface area contributed by atoms with Gasteiger partial charge in [0.1, 0.15) is 0 Å². The second-order valence-corrected chi connectivity index (χ2v) is 5.70. The molecule has 1 aliphatic heterocycles. The minimum atomic E-state index is 0.00892. The van der Waals surface area contributed by atoms with Crippen molar-refractivity contribution >= 4 is 5.91 Å². The first-order valence-electron chi connectivity index (χ1n) is 7.30. The number of nitrogens with zero attached hydrogens (tertiary/aromatic N) is 2. The van der Waals surface area contributed by atoms with Crippen LogP contribution in [0, 0.1) is 11.3 Å². The molecule has 1 unspecified atom stereocenters. The van der Waals surface area contributed by atoms with E-state index in [9.17, 15) is 4.79 Å². The number of carbonyl (C=O) groups excluding carboxylic acids is 1. The van der Waals surface area contributed by atoms with E-state index in [-0.39, 0.29) is 11.9 Å². The van der Waals surface area contributed by atoms with E-state index < -0.39 is 0 Å². The molecule has 2 aliphatic rings. The largest absolute Gasteiger partial charge is 0.337 e. The predicted octanol–water partition coefficient (Wildman–Crippen LogP) is 1.80. The number of nitrogens with one attached hydrogen (secondary N) is 1. The molecule has 1 saturated heterocycles. The Bertz CT molecular complexity index is 528. The number of benzene rings is 1. The summed E-state index contributed by atoms with van der Waals surface area (Å²) in [5.74, 6) is 0.229. The van der Waals surface area contributed by atoms with Crippen LogP contribution in [-0.2, 0) is 11.3 Å². The highest BCUT2D eigenvalue weighted by Crippen LogP contribution is 2.23. The number of hydrogen-bond acceptors (Lipinski definition) is 3. The van der Waals surface area contributed by atoms with Gasteiger partial charge in [0, 0.05) is 19.1 Å². The molecule has 104 valence electrons. The van der Waals surface area contributed by atoms with Crippen molar-refractivity contribution in [3.63, 3.8) is 0 Å². The van der Waals surface area contributed by atoms with Gasteiger partial charge in [-0.2, -0.15) is 5.26 Å². The monoisotopic (exact) mass is 269 g/mol. The van der Waals surface area contributed by atoms with Crippen LogP contribution < -0.4 is 5.32 Å². The number of piperidine rings is 1. The van der Waals surface area contributed by atoms with Crippen molar-refractivity contribution in [3.8, 4) is 6.07 Å². The highest BCUT2D eigenvalue weighted by Gasteiger charge is 2.33. The van der Waals surface area contributed by atoms with E-state index in [1.165, 1.54) is 12.8 Å². The Morgan fingerprint density at radius 1 is 1.25 bits per heavy atom. The maximum absolute atomic E-state index is 12.4. The van der Waals surface area contributed by atoms with E-state index in [2.05, 4.69) is 11.4 Å². The van der Waals surface area contributed by atoms with Crippen molar-refractivity contribution in [1.82, 2.24) is 10.2 Å². The lowest BCUT2D eigenvalue weighted by molar-refractivity contribution is -0.136. The van der Waals surface area contributed by atoms with E-state index in [0.717, 1.165) is 24.9 Å². The third kappa shape index (κ3) is 3.00. The van der Waals surface area contributed by atoms with E-state index >= 15 is 0 Å². The van der Waals surface area contributed by atoms with Crippen molar-refractivity contribution in [2.24, 2.45) is 0 Å². The lowest BCUT2D eigenvalue weighted by Gasteiger charge is -2.33. The summed E-state index contributed by atoms with van der Waals surface area (Å²) in [5, 5.41) is 12.2. The Kier molecular flexibility index (Phi) is 3.70. The molecule has 1 heterocycles. The quantitative estimate of drug-likeness (QED) is 0.907. The van der Waals surface area contributed by atoms with Gasteiger partial charge in [-0.05, 0) is 43.4 Å². The number of likely N-dealkylation sites (tertiary alicyclic amines) is 1. The Balaban J connectivity index is 1.63. The van der Waals surface area contributed by atoms with Gasteiger partial charge in [-0.3, -0.25) is 4.79 Å². The highest BCUT2D eigenvalue weighted by molar-refractivity contribution is 5.82. The van der Waals surface area contributed by atoms with Gasteiger partial charge >= 0.3 is 0 Å². The summed E-state index contributed by atoms with van der Waals surface area (Å²) in [6, 6.07) is 10.2. The number of carbonyl (C=O) groups is 1. The number of rotatable bonds is 4. The number of hydrogen-bond donors (Lipinski definition) is 1. The molecule has 1 amide bonds. The molecule has 1 aromatic rings. The molecule has 1 N–H and O–H groups in total. The highest BCUT2D eigenvalue weighted by atomic mass is 16.2. The maximum atomic E-state index is 12.4. The topological polar surface area (TPSA) is 56.1 Å². The first-order chi connectivity index (χ1) is 9.76. The molecule has 3 rings (SSSR count). The normalized spacial score (nSPS) is 22.6. The fourth-order valence-electron chi connectivity index (χ4n) is 2.69. The van der Waals surface area contributed by atoms with Crippen LogP contribution in [0.4, 0.5) is 0 Å². The fraction of sp³-hybridized carbons (Fsp3) is 0.500. The Morgan fingerprint density at radius 3 is 2.65 bits per heavy atom. The summed E-state index contributed by atoms with van der Waals surface area (Å²) < 4.78 is 0. The van der Waals surface area contributed by atoms with Crippen LogP contribution >= 0.6 is 0 Å². The summed E-state index contributed by atoms with van der Waals surface area (Å²) in [5.41, 5.74) is 1.75. The van der Waals surface area contributed by atoms with Crippen molar-refractivity contribution in [2.45, 2.75) is 44.3 Å². The first kappa shape index (κ1) is 13.1. The van der Waals surface area contributed by atoms with E-state index in [1.807, 2.05) is 29.2 Å². The molecule has 4 nitrogen and oxygen atoms in total. The number of amides is 1. The molecule has 1 saturated carbocycles. The molecule has 1 aliphatic carbocycles. The van der Waals surface area contributed by atoms with Crippen LogP contribution in [0.2, 0.25) is 0 Å². The molecule has 0 radical (unpaired) electrons. The van der Waals surface area contributed by atoms with E-state index in [4.69, 9.17) is 5.26 Å². The second kappa shape index (κ2) is 5.64. The summed E-state index contributed by atoms with van der Waals surface area (Å²) in [6.45, 7) is 1.48. The van der Waals surface area contributed by atoms with E-state index in [0.29, 0.717) is 18.2 Å². The Labute approximate surface area is 119 Å². The molecule has 0 bridgehead atoms. The zero-order valence-corrected chi connectivity index (χ0v) is 11.5.